The Hall–Kier alpha value is 1.60. The van der Waals surface area contributed by atoms with E-state index in [1.807, 2.05) is 0 Å². The Bertz CT molecular complexity index is 76.4. The van der Waals surface area contributed by atoms with Gasteiger partial charge in [0, 0.05) is 0 Å². The molecule has 0 radical (unpaired) electrons. The molecule has 0 heterocycles. The Labute approximate surface area is 132 Å². The van der Waals surface area contributed by atoms with Gasteiger partial charge in [-0.3, -0.25) is 0 Å². The molecule has 0 atom stereocenters. The van der Waals surface area contributed by atoms with Crippen molar-refractivity contribution in [3.8, 4) is 0 Å². The smallest absolute Gasteiger partial charge is 0.854 e. The molecule has 0 fully saturated rings. The zero-order valence-electron chi connectivity index (χ0n) is 10.2. The van der Waals surface area contributed by atoms with Crippen molar-refractivity contribution >= 4 is 0 Å². The first-order chi connectivity index (χ1) is 6.41. The van der Waals surface area contributed by atoms with Crippen LogP contribution in [0, 0.1) is 0 Å². The molecule has 0 aromatic heterocycles. The topological polar surface area (TPSA) is 23.1 Å². The molecule has 0 unspecified atom stereocenters. The minimum absolute atomic E-state index is 0. The van der Waals surface area contributed by atoms with E-state index in [1.54, 1.807) is 0 Å². The van der Waals surface area contributed by atoms with E-state index in [4.69, 9.17) is 0 Å². The number of rotatable bonds is 10. The third kappa shape index (κ3) is 16.0. The summed E-state index contributed by atoms with van der Waals surface area (Å²) in [5, 5.41) is 10.1. The summed E-state index contributed by atoms with van der Waals surface area (Å²) in [5.41, 5.74) is 0. The summed E-state index contributed by atoms with van der Waals surface area (Å²) in [4.78, 5) is 0. The first-order valence-electron chi connectivity index (χ1n) is 6.00. The zero-order valence-corrected chi connectivity index (χ0v) is 13.3. The van der Waals surface area contributed by atoms with E-state index in [2.05, 4.69) is 6.92 Å². The van der Waals surface area contributed by atoms with Crippen LogP contribution in [0.25, 0.3) is 0 Å². The monoisotopic (exact) mass is 224 g/mol. The minimum atomic E-state index is 0. The average molecular weight is 224 g/mol. The van der Waals surface area contributed by atoms with Crippen LogP contribution in [0.3, 0.4) is 0 Å². The molecule has 0 aliphatic heterocycles. The summed E-state index contributed by atoms with van der Waals surface area (Å²) in [7, 11) is 0. The summed E-state index contributed by atoms with van der Waals surface area (Å²) in [5.74, 6) is 0. The molecular formula is C12H25KO. The second kappa shape index (κ2) is 17.0. The molecule has 14 heavy (non-hydrogen) atoms. The van der Waals surface area contributed by atoms with Crippen molar-refractivity contribution in [2.24, 2.45) is 0 Å². The molecule has 0 aliphatic rings. The predicted octanol–water partition coefficient (Wildman–Crippen LogP) is 0.272. The van der Waals surface area contributed by atoms with Gasteiger partial charge in [-0.25, -0.2) is 0 Å². The zero-order chi connectivity index (χ0) is 9.78. The van der Waals surface area contributed by atoms with Gasteiger partial charge in [-0.05, 0) is 0 Å². The average Bonchev–Trinajstić information content (AvgIpc) is 2.16. The van der Waals surface area contributed by atoms with Crippen molar-refractivity contribution in [1.29, 1.82) is 0 Å². The third-order valence-electron chi connectivity index (χ3n) is 2.50. The Balaban J connectivity index is 0. The largest absolute Gasteiger partial charge is 1.00 e. The van der Waals surface area contributed by atoms with Gasteiger partial charge < -0.3 is 5.11 Å². The Morgan fingerprint density at radius 2 is 1.00 bits per heavy atom. The maximum Gasteiger partial charge on any atom is 1.00 e. The van der Waals surface area contributed by atoms with Gasteiger partial charge in [-0.2, -0.15) is 0 Å². The van der Waals surface area contributed by atoms with Gasteiger partial charge in [0.2, 0.25) is 0 Å². The molecular weight excluding hydrogens is 199 g/mol. The third-order valence-corrected chi connectivity index (χ3v) is 2.50. The Morgan fingerprint density at radius 1 is 0.643 bits per heavy atom. The summed E-state index contributed by atoms with van der Waals surface area (Å²) >= 11 is 0. The maximum atomic E-state index is 10.1. The molecule has 0 saturated carbocycles. The van der Waals surface area contributed by atoms with Gasteiger partial charge in [0.15, 0.2) is 0 Å². The van der Waals surface area contributed by atoms with Crippen molar-refractivity contribution in [2.75, 3.05) is 6.61 Å². The normalized spacial score (nSPS) is 9.86. The Morgan fingerprint density at radius 3 is 1.36 bits per heavy atom. The molecule has 0 spiro atoms. The molecule has 80 valence electrons. The molecule has 1 nitrogen and oxygen atoms in total. The van der Waals surface area contributed by atoms with Gasteiger partial charge in [-0.1, -0.05) is 71.1 Å². The fourth-order valence-corrected chi connectivity index (χ4v) is 1.59. The molecule has 0 aromatic rings. The fourth-order valence-electron chi connectivity index (χ4n) is 1.59. The van der Waals surface area contributed by atoms with Gasteiger partial charge in [0.05, 0.1) is 0 Å². The molecule has 0 amide bonds. The summed E-state index contributed by atoms with van der Waals surface area (Å²) in [6.07, 6.45) is 13.0. The molecule has 2 heteroatoms. The number of unbranched alkanes of at least 4 members (excludes halogenated alkanes) is 9. The van der Waals surface area contributed by atoms with Crippen LogP contribution in [0.4, 0.5) is 0 Å². The first kappa shape index (κ1) is 18.0. The standard InChI is InChI=1S/C12H25O.K/c1-2-3-4-5-6-7-8-9-10-11-12-13;/h2-12H2,1H3;/q-1;+1. The number of hydrogen-bond donors (Lipinski definition) is 0. The molecule has 0 aromatic carbocycles. The van der Waals surface area contributed by atoms with Crippen LogP contribution in [-0.2, 0) is 0 Å². The van der Waals surface area contributed by atoms with Crippen molar-refractivity contribution in [3.05, 3.63) is 0 Å². The molecule has 0 N–H and O–H groups in total. The minimum Gasteiger partial charge on any atom is -0.854 e. The first-order valence-corrected chi connectivity index (χ1v) is 6.00. The van der Waals surface area contributed by atoms with E-state index < -0.39 is 0 Å². The SMILES string of the molecule is CCCCCCCCCCCC[O-].[K+]. The molecule has 0 bridgehead atoms. The van der Waals surface area contributed by atoms with Crippen LogP contribution < -0.4 is 56.5 Å². The summed E-state index contributed by atoms with van der Waals surface area (Å²) in [6, 6.07) is 0. The molecule has 0 aliphatic carbocycles. The van der Waals surface area contributed by atoms with Crippen molar-refractivity contribution in [3.63, 3.8) is 0 Å². The van der Waals surface area contributed by atoms with Crippen LogP contribution in [0.2, 0.25) is 0 Å². The van der Waals surface area contributed by atoms with Crippen LogP contribution >= 0.6 is 0 Å². The van der Waals surface area contributed by atoms with Gasteiger partial charge in [0.25, 0.3) is 0 Å². The fraction of sp³-hybridized carbons (Fsp3) is 1.00. The van der Waals surface area contributed by atoms with Crippen LogP contribution in [-0.4, -0.2) is 6.61 Å². The quantitative estimate of drug-likeness (QED) is 0.386. The molecule has 0 rings (SSSR count). The van der Waals surface area contributed by atoms with E-state index >= 15 is 0 Å². The van der Waals surface area contributed by atoms with E-state index in [0.717, 1.165) is 12.8 Å². The van der Waals surface area contributed by atoms with Gasteiger partial charge >= 0.3 is 51.4 Å². The Kier molecular flexibility index (Phi) is 21.8. The summed E-state index contributed by atoms with van der Waals surface area (Å²) in [6.45, 7) is 2.37. The molecule has 0 saturated heterocycles. The van der Waals surface area contributed by atoms with Crippen molar-refractivity contribution < 1.29 is 56.5 Å². The van der Waals surface area contributed by atoms with E-state index in [1.165, 1.54) is 51.4 Å². The second-order valence-electron chi connectivity index (χ2n) is 3.89. The van der Waals surface area contributed by atoms with E-state index in [0.29, 0.717) is 0 Å². The van der Waals surface area contributed by atoms with E-state index in [9.17, 15) is 5.11 Å². The maximum absolute atomic E-state index is 10.1. The van der Waals surface area contributed by atoms with Gasteiger partial charge in [0.1, 0.15) is 0 Å². The van der Waals surface area contributed by atoms with E-state index in [-0.39, 0.29) is 58.0 Å². The van der Waals surface area contributed by atoms with Crippen molar-refractivity contribution in [1.82, 2.24) is 0 Å². The van der Waals surface area contributed by atoms with Gasteiger partial charge in [-0.15, -0.1) is 6.61 Å². The number of hydrogen-bond acceptors (Lipinski definition) is 1. The second-order valence-corrected chi connectivity index (χ2v) is 3.89. The van der Waals surface area contributed by atoms with Crippen LogP contribution in [0.15, 0.2) is 0 Å². The van der Waals surface area contributed by atoms with Crippen LogP contribution in [0.1, 0.15) is 71.1 Å². The van der Waals surface area contributed by atoms with Crippen LogP contribution in [0.5, 0.6) is 0 Å². The van der Waals surface area contributed by atoms with Crippen molar-refractivity contribution in [2.45, 2.75) is 71.1 Å². The predicted molar refractivity (Wildman–Crippen MR) is 56.7 cm³/mol. The summed E-state index contributed by atoms with van der Waals surface area (Å²) < 4.78 is 0.